The number of carbonyl (C=O) groups is 2. The molecule has 5 heteroatoms. The first kappa shape index (κ1) is 24.1. The number of hydrogen-bond donors (Lipinski definition) is 2. The molecule has 0 aromatic heterocycles. The van der Waals surface area contributed by atoms with Gasteiger partial charge in [-0.05, 0) is 48.6 Å². The Morgan fingerprint density at radius 2 is 1.61 bits per heavy atom. The molecule has 0 radical (unpaired) electrons. The van der Waals surface area contributed by atoms with Crippen molar-refractivity contribution in [2.45, 2.75) is 52.1 Å². The SMILES string of the molecule is CCCC(C(=O)Nc1ccccc1OCc1ccc(CCC(=O)O)cc1)c1ccc(C)cc1. The van der Waals surface area contributed by atoms with Crippen molar-refractivity contribution >= 4 is 17.6 Å². The highest BCUT2D eigenvalue weighted by molar-refractivity contribution is 5.97. The van der Waals surface area contributed by atoms with Gasteiger partial charge in [0.25, 0.3) is 0 Å². The van der Waals surface area contributed by atoms with Crippen molar-refractivity contribution in [2.75, 3.05) is 5.32 Å². The molecule has 0 spiro atoms. The molecule has 0 bridgehead atoms. The number of anilines is 1. The maximum Gasteiger partial charge on any atom is 0.303 e. The Labute approximate surface area is 195 Å². The largest absolute Gasteiger partial charge is 0.487 e. The fraction of sp³-hybridized carbons (Fsp3) is 0.286. The second-order valence-corrected chi connectivity index (χ2v) is 8.24. The van der Waals surface area contributed by atoms with E-state index in [0.29, 0.717) is 24.5 Å². The van der Waals surface area contributed by atoms with Crippen LogP contribution in [0.4, 0.5) is 5.69 Å². The lowest BCUT2D eigenvalue weighted by atomic mass is 9.93. The average Bonchev–Trinajstić information content (AvgIpc) is 2.82. The number of amides is 1. The van der Waals surface area contributed by atoms with Crippen molar-refractivity contribution in [2.24, 2.45) is 0 Å². The van der Waals surface area contributed by atoms with E-state index in [0.717, 1.165) is 29.5 Å². The first-order valence-electron chi connectivity index (χ1n) is 11.3. The minimum atomic E-state index is -0.801. The van der Waals surface area contributed by atoms with E-state index >= 15 is 0 Å². The zero-order valence-corrected chi connectivity index (χ0v) is 19.2. The standard InChI is InChI=1S/C28H31NO4/c1-3-6-24(23-16-9-20(2)10-17-23)28(32)29-25-7-4-5-8-26(25)33-19-22-13-11-21(12-14-22)15-18-27(30)31/h4-5,7-14,16-17,24H,3,6,15,18-19H2,1-2H3,(H,29,32)(H,30,31). The Kier molecular flexibility index (Phi) is 8.64. The molecule has 1 atom stereocenters. The highest BCUT2D eigenvalue weighted by Gasteiger charge is 2.21. The van der Waals surface area contributed by atoms with Crippen molar-refractivity contribution in [1.82, 2.24) is 0 Å². The first-order chi connectivity index (χ1) is 16.0. The van der Waals surface area contributed by atoms with E-state index in [-0.39, 0.29) is 18.2 Å². The summed E-state index contributed by atoms with van der Waals surface area (Å²) < 4.78 is 6.01. The number of para-hydroxylation sites is 2. The van der Waals surface area contributed by atoms with Crippen LogP contribution in [-0.2, 0) is 22.6 Å². The number of aliphatic carboxylic acids is 1. The number of carbonyl (C=O) groups excluding carboxylic acids is 1. The summed E-state index contributed by atoms with van der Waals surface area (Å²) >= 11 is 0. The number of rotatable bonds is 11. The monoisotopic (exact) mass is 445 g/mol. The summed E-state index contributed by atoms with van der Waals surface area (Å²) in [6, 6.07) is 23.3. The quantitative estimate of drug-likeness (QED) is 0.373. The molecule has 5 nitrogen and oxygen atoms in total. The van der Waals surface area contributed by atoms with E-state index in [1.54, 1.807) is 0 Å². The van der Waals surface area contributed by atoms with Crippen LogP contribution in [0.15, 0.2) is 72.8 Å². The van der Waals surface area contributed by atoms with Crippen LogP contribution in [0.1, 0.15) is 54.4 Å². The van der Waals surface area contributed by atoms with Crippen LogP contribution < -0.4 is 10.1 Å². The van der Waals surface area contributed by atoms with Gasteiger partial charge in [0.2, 0.25) is 5.91 Å². The molecule has 1 unspecified atom stereocenters. The molecule has 0 fully saturated rings. The topological polar surface area (TPSA) is 75.6 Å². The van der Waals surface area contributed by atoms with Crippen molar-refractivity contribution in [1.29, 1.82) is 0 Å². The molecule has 3 aromatic rings. The zero-order chi connectivity index (χ0) is 23.6. The molecule has 3 rings (SSSR count). The minimum Gasteiger partial charge on any atom is -0.487 e. The highest BCUT2D eigenvalue weighted by Crippen LogP contribution is 2.29. The number of carboxylic acid groups (broad SMARTS) is 1. The van der Waals surface area contributed by atoms with Gasteiger partial charge >= 0.3 is 5.97 Å². The van der Waals surface area contributed by atoms with Crippen molar-refractivity contribution in [3.05, 3.63) is 95.1 Å². The predicted molar refractivity (Wildman–Crippen MR) is 131 cm³/mol. The summed E-state index contributed by atoms with van der Waals surface area (Å²) in [7, 11) is 0. The molecule has 2 N–H and O–H groups in total. The van der Waals surface area contributed by atoms with E-state index in [1.165, 1.54) is 5.56 Å². The second kappa shape index (κ2) is 11.9. The summed E-state index contributed by atoms with van der Waals surface area (Å²) in [5.41, 5.74) is 4.78. The second-order valence-electron chi connectivity index (χ2n) is 8.24. The number of ether oxygens (including phenoxy) is 1. The Morgan fingerprint density at radius 1 is 0.939 bits per heavy atom. The van der Waals surface area contributed by atoms with Gasteiger partial charge in [0, 0.05) is 6.42 Å². The zero-order valence-electron chi connectivity index (χ0n) is 19.2. The van der Waals surface area contributed by atoms with E-state index in [4.69, 9.17) is 9.84 Å². The van der Waals surface area contributed by atoms with E-state index in [2.05, 4.69) is 12.2 Å². The van der Waals surface area contributed by atoms with Crippen LogP contribution >= 0.6 is 0 Å². The Balaban J connectivity index is 1.66. The van der Waals surface area contributed by atoms with Gasteiger partial charge in [0.1, 0.15) is 12.4 Å². The third-order valence-corrected chi connectivity index (χ3v) is 5.56. The molecular formula is C28H31NO4. The lowest BCUT2D eigenvalue weighted by Crippen LogP contribution is -2.21. The normalized spacial score (nSPS) is 11.6. The maximum absolute atomic E-state index is 13.2. The van der Waals surface area contributed by atoms with Crippen LogP contribution in [0.3, 0.4) is 0 Å². The molecule has 3 aromatic carbocycles. The number of benzene rings is 3. The Hall–Kier alpha value is -3.60. The van der Waals surface area contributed by atoms with Gasteiger partial charge in [-0.3, -0.25) is 9.59 Å². The fourth-order valence-electron chi connectivity index (χ4n) is 3.67. The summed E-state index contributed by atoms with van der Waals surface area (Å²) in [5.74, 6) is -0.453. The van der Waals surface area contributed by atoms with Gasteiger partial charge in [-0.2, -0.15) is 0 Å². The van der Waals surface area contributed by atoms with Crippen LogP contribution in [0, 0.1) is 6.92 Å². The average molecular weight is 446 g/mol. The third kappa shape index (κ3) is 7.21. The van der Waals surface area contributed by atoms with E-state index in [9.17, 15) is 9.59 Å². The smallest absolute Gasteiger partial charge is 0.303 e. The van der Waals surface area contributed by atoms with Crippen LogP contribution in [-0.4, -0.2) is 17.0 Å². The van der Waals surface area contributed by atoms with E-state index in [1.807, 2.05) is 79.7 Å². The molecular weight excluding hydrogens is 414 g/mol. The number of aryl methyl sites for hydroxylation is 2. The van der Waals surface area contributed by atoms with E-state index < -0.39 is 5.97 Å². The molecule has 0 saturated heterocycles. The molecule has 1 amide bonds. The van der Waals surface area contributed by atoms with Gasteiger partial charge < -0.3 is 15.2 Å². The fourth-order valence-corrected chi connectivity index (χ4v) is 3.67. The van der Waals surface area contributed by atoms with Crippen LogP contribution in [0.2, 0.25) is 0 Å². The Morgan fingerprint density at radius 3 is 2.27 bits per heavy atom. The lowest BCUT2D eigenvalue weighted by Gasteiger charge is -2.18. The van der Waals surface area contributed by atoms with Crippen LogP contribution in [0.25, 0.3) is 0 Å². The van der Waals surface area contributed by atoms with Gasteiger partial charge in [0.15, 0.2) is 0 Å². The Bertz CT molecular complexity index is 1060. The number of hydrogen-bond acceptors (Lipinski definition) is 3. The summed E-state index contributed by atoms with van der Waals surface area (Å²) in [5, 5.41) is 11.9. The molecule has 33 heavy (non-hydrogen) atoms. The molecule has 0 aliphatic rings. The van der Waals surface area contributed by atoms with Gasteiger partial charge in [-0.1, -0.05) is 79.6 Å². The number of nitrogens with one attached hydrogen (secondary N) is 1. The molecule has 0 saturated carbocycles. The van der Waals surface area contributed by atoms with Crippen molar-refractivity contribution in [3.63, 3.8) is 0 Å². The van der Waals surface area contributed by atoms with Gasteiger partial charge in [-0.25, -0.2) is 0 Å². The maximum atomic E-state index is 13.2. The molecule has 0 heterocycles. The van der Waals surface area contributed by atoms with Crippen molar-refractivity contribution < 1.29 is 19.4 Å². The lowest BCUT2D eigenvalue weighted by molar-refractivity contribution is -0.137. The summed E-state index contributed by atoms with van der Waals surface area (Å²) in [4.78, 5) is 23.9. The van der Waals surface area contributed by atoms with Crippen molar-refractivity contribution in [3.8, 4) is 5.75 Å². The third-order valence-electron chi connectivity index (χ3n) is 5.56. The highest BCUT2D eigenvalue weighted by atomic mass is 16.5. The van der Waals surface area contributed by atoms with Gasteiger partial charge in [0.05, 0.1) is 11.6 Å². The van der Waals surface area contributed by atoms with Crippen LogP contribution in [0.5, 0.6) is 5.75 Å². The first-order valence-corrected chi connectivity index (χ1v) is 11.3. The minimum absolute atomic E-state index is 0.0421. The summed E-state index contributed by atoms with van der Waals surface area (Å²) in [6.45, 7) is 4.47. The molecule has 0 aliphatic carbocycles. The predicted octanol–water partition coefficient (Wildman–Crippen LogP) is 6.11. The molecule has 0 aliphatic heterocycles. The molecule has 172 valence electrons. The summed E-state index contributed by atoms with van der Waals surface area (Å²) in [6.07, 6.45) is 2.30. The van der Waals surface area contributed by atoms with Gasteiger partial charge in [-0.15, -0.1) is 0 Å². The number of carboxylic acids is 1.